The van der Waals surface area contributed by atoms with Crippen LogP contribution < -0.4 is 5.32 Å². The fourth-order valence-electron chi connectivity index (χ4n) is 4.14. The molecule has 1 atom stereocenters. The lowest BCUT2D eigenvalue weighted by molar-refractivity contribution is -0.132. The Kier molecular flexibility index (Phi) is 4.29. The Morgan fingerprint density at radius 3 is 2.72 bits per heavy atom. The topological polar surface area (TPSA) is 62.3 Å². The van der Waals surface area contributed by atoms with E-state index in [9.17, 15) is 9.59 Å². The third-order valence-electron chi connectivity index (χ3n) is 5.50. The van der Waals surface area contributed by atoms with Gasteiger partial charge in [0.15, 0.2) is 0 Å². The van der Waals surface area contributed by atoms with Gasteiger partial charge in [-0.2, -0.15) is 11.3 Å². The highest BCUT2D eigenvalue weighted by molar-refractivity contribution is 7.08. The van der Waals surface area contributed by atoms with Gasteiger partial charge >= 0.3 is 0 Å². The van der Waals surface area contributed by atoms with E-state index in [1.807, 2.05) is 33.9 Å². The van der Waals surface area contributed by atoms with Crippen LogP contribution >= 0.6 is 11.3 Å². The minimum Gasteiger partial charge on any atom is -0.350 e. The molecule has 2 aromatic rings. The van der Waals surface area contributed by atoms with Crippen molar-refractivity contribution in [3.8, 4) is 0 Å². The van der Waals surface area contributed by atoms with Gasteiger partial charge in [0.05, 0.1) is 12.0 Å². The summed E-state index contributed by atoms with van der Waals surface area (Å²) >= 11 is 1.62. The predicted octanol–water partition coefficient (Wildman–Crippen LogP) is 2.35. The summed E-state index contributed by atoms with van der Waals surface area (Å²) < 4.78 is 0. The highest BCUT2D eigenvalue weighted by Gasteiger charge is 2.49. The van der Waals surface area contributed by atoms with Crippen LogP contribution in [0.4, 0.5) is 0 Å². The Morgan fingerprint density at radius 2 is 2.04 bits per heavy atom. The van der Waals surface area contributed by atoms with Gasteiger partial charge < -0.3 is 10.2 Å². The molecule has 5 nitrogen and oxygen atoms in total. The van der Waals surface area contributed by atoms with Crippen molar-refractivity contribution in [2.75, 3.05) is 13.1 Å². The normalized spacial score (nSPS) is 22.2. The summed E-state index contributed by atoms with van der Waals surface area (Å²) in [6.45, 7) is 1.40. The standard InChI is InChI=1S/C19H21N3O2S/c23-17-12-16(15-1-6-20-7-2-15)19(21-17)4-8-22(9-5-19)18(24)11-14-3-10-25-13-14/h1-3,6-7,10,13,16H,4-5,8-9,11-12H2,(H,21,23)/t16-/m1/s1. The van der Waals surface area contributed by atoms with E-state index in [1.165, 1.54) is 0 Å². The number of amides is 2. The number of hydrogen-bond acceptors (Lipinski definition) is 4. The van der Waals surface area contributed by atoms with Crippen molar-refractivity contribution in [3.05, 3.63) is 52.5 Å². The maximum absolute atomic E-state index is 12.5. The van der Waals surface area contributed by atoms with Crippen molar-refractivity contribution in [2.45, 2.75) is 37.1 Å². The number of thiophene rings is 1. The minimum atomic E-state index is -0.225. The number of pyridine rings is 1. The van der Waals surface area contributed by atoms with Gasteiger partial charge in [0.25, 0.3) is 0 Å². The third kappa shape index (κ3) is 3.18. The van der Waals surface area contributed by atoms with E-state index in [0.717, 1.165) is 24.0 Å². The van der Waals surface area contributed by atoms with Crippen molar-refractivity contribution in [3.63, 3.8) is 0 Å². The van der Waals surface area contributed by atoms with Crippen molar-refractivity contribution < 1.29 is 9.59 Å². The van der Waals surface area contributed by atoms with Gasteiger partial charge in [-0.3, -0.25) is 14.6 Å². The minimum absolute atomic E-state index is 0.111. The molecule has 2 aliphatic heterocycles. The number of aromatic nitrogens is 1. The molecule has 4 rings (SSSR count). The number of rotatable bonds is 3. The summed E-state index contributed by atoms with van der Waals surface area (Å²) in [5.41, 5.74) is 2.02. The molecule has 0 radical (unpaired) electrons. The molecule has 2 aromatic heterocycles. The number of nitrogens with zero attached hydrogens (tertiary/aromatic N) is 2. The Labute approximate surface area is 151 Å². The highest BCUT2D eigenvalue weighted by atomic mass is 32.1. The summed E-state index contributed by atoms with van der Waals surface area (Å²) in [6, 6.07) is 6.01. The molecule has 0 unspecified atom stereocenters. The van der Waals surface area contributed by atoms with Gasteiger partial charge in [0.2, 0.25) is 11.8 Å². The molecule has 1 N–H and O–H groups in total. The molecule has 0 saturated carbocycles. The first-order chi connectivity index (χ1) is 12.2. The van der Waals surface area contributed by atoms with Gasteiger partial charge in [-0.25, -0.2) is 0 Å². The van der Waals surface area contributed by atoms with E-state index >= 15 is 0 Å². The van der Waals surface area contributed by atoms with E-state index in [-0.39, 0.29) is 23.3 Å². The maximum Gasteiger partial charge on any atom is 0.227 e. The predicted molar refractivity (Wildman–Crippen MR) is 96.3 cm³/mol. The molecule has 4 heterocycles. The Morgan fingerprint density at radius 1 is 1.28 bits per heavy atom. The molecule has 1 spiro atoms. The second-order valence-electron chi connectivity index (χ2n) is 6.93. The first kappa shape index (κ1) is 16.3. The lowest BCUT2D eigenvalue weighted by atomic mass is 9.74. The van der Waals surface area contributed by atoms with Crippen molar-refractivity contribution in [1.82, 2.24) is 15.2 Å². The van der Waals surface area contributed by atoms with E-state index in [0.29, 0.717) is 25.9 Å². The maximum atomic E-state index is 12.5. The van der Waals surface area contributed by atoms with E-state index in [2.05, 4.69) is 10.3 Å². The van der Waals surface area contributed by atoms with E-state index in [1.54, 1.807) is 23.7 Å². The number of carbonyl (C=O) groups excluding carboxylic acids is 2. The summed E-state index contributed by atoms with van der Waals surface area (Å²) in [7, 11) is 0. The van der Waals surface area contributed by atoms with Crippen molar-refractivity contribution >= 4 is 23.2 Å². The molecule has 130 valence electrons. The quantitative estimate of drug-likeness (QED) is 0.919. The van der Waals surface area contributed by atoms with Crippen LogP contribution in [-0.4, -0.2) is 40.3 Å². The third-order valence-corrected chi connectivity index (χ3v) is 6.23. The monoisotopic (exact) mass is 355 g/mol. The van der Waals surface area contributed by atoms with Gasteiger partial charge in [0.1, 0.15) is 0 Å². The molecule has 2 fully saturated rings. The smallest absolute Gasteiger partial charge is 0.227 e. The second-order valence-corrected chi connectivity index (χ2v) is 7.71. The number of carbonyl (C=O) groups is 2. The van der Waals surface area contributed by atoms with Crippen LogP contribution in [0.3, 0.4) is 0 Å². The molecule has 6 heteroatoms. The van der Waals surface area contributed by atoms with Crippen molar-refractivity contribution in [1.29, 1.82) is 0 Å². The zero-order valence-corrected chi connectivity index (χ0v) is 14.8. The lowest BCUT2D eigenvalue weighted by Gasteiger charge is -2.43. The molecule has 2 saturated heterocycles. The van der Waals surface area contributed by atoms with Crippen LogP contribution in [0.2, 0.25) is 0 Å². The fourth-order valence-corrected chi connectivity index (χ4v) is 4.81. The second kappa shape index (κ2) is 6.59. The van der Waals surface area contributed by atoms with Crippen LogP contribution in [0, 0.1) is 0 Å². The fraction of sp³-hybridized carbons (Fsp3) is 0.421. The average molecular weight is 355 g/mol. The van der Waals surface area contributed by atoms with E-state index in [4.69, 9.17) is 0 Å². The molecule has 2 aliphatic rings. The van der Waals surface area contributed by atoms with Gasteiger partial charge in [-0.05, 0) is 52.9 Å². The summed E-state index contributed by atoms with van der Waals surface area (Å²) in [5.74, 6) is 0.454. The SMILES string of the molecule is O=C1C[C@H](c2ccncc2)C2(CCN(C(=O)Cc3ccsc3)CC2)N1. The summed E-state index contributed by atoms with van der Waals surface area (Å²) in [5, 5.41) is 7.26. The first-order valence-electron chi connectivity index (χ1n) is 8.66. The van der Waals surface area contributed by atoms with Gasteiger partial charge in [0, 0.05) is 37.8 Å². The highest BCUT2D eigenvalue weighted by Crippen LogP contribution is 2.43. The zero-order chi connectivity index (χ0) is 17.3. The number of likely N-dealkylation sites (tertiary alicyclic amines) is 1. The molecular weight excluding hydrogens is 334 g/mol. The Hall–Kier alpha value is -2.21. The lowest BCUT2D eigenvalue weighted by Crippen LogP contribution is -2.54. The molecular formula is C19H21N3O2S. The Balaban J connectivity index is 1.46. The largest absolute Gasteiger partial charge is 0.350 e. The average Bonchev–Trinajstić information content (AvgIpc) is 3.24. The van der Waals surface area contributed by atoms with Crippen LogP contribution in [0.15, 0.2) is 41.4 Å². The number of hydrogen-bond donors (Lipinski definition) is 1. The molecule has 2 amide bonds. The molecule has 0 bridgehead atoms. The van der Waals surface area contributed by atoms with Crippen LogP contribution in [0.1, 0.15) is 36.3 Å². The van der Waals surface area contributed by atoms with Gasteiger partial charge in [-0.15, -0.1) is 0 Å². The van der Waals surface area contributed by atoms with Gasteiger partial charge in [-0.1, -0.05) is 0 Å². The van der Waals surface area contributed by atoms with Crippen molar-refractivity contribution in [2.24, 2.45) is 0 Å². The number of piperidine rings is 1. The van der Waals surface area contributed by atoms with E-state index < -0.39 is 0 Å². The molecule has 25 heavy (non-hydrogen) atoms. The Bertz CT molecular complexity index is 752. The number of nitrogens with one attached hydrogen (secondary N) is 1. The summed E-state index contributed by atoms with van der Waals surface area (Å²) in [4.78, 5) is 30.7. The molecule has 0 aromatic carbocycles. The van der Waals surface area contributed by atoms with Crippen LogP contribution in [0.25, 0.3) is 0 Å². The molecule has 0 aliphatic carbocycles. The summed E-state index contributed by atoms with van der Waals surface area (Å²) in [6.07, 6.45) is 6.17. The van der Waals surface area contributed by atoms with Crippen LogP contribution in [0.5, 0.6) is 0 Å². The first-order valence-corrected chi connectivity index (χ1v) is 9.60. The van der Waals surface area contributed by atoms with Crippen LogP contribution in [-0.2, 0) is 16.0 Å². The zero-order valence-electron chi connectivity index (χ0n) is 14.0.